The first kappa shape index (κ1) is 11.6. The summed E-state index contributed by atoms with van der Waals surface area (Å²) in [5, 5.41) is 8.73. The van der Waals surface area contributed by atoms with Gasteiger partial charge in [-0.15, -0.1) is 23.1 Å². The summed E-state index contributed by atoms with van der Waals surface area (Å²) >= 11 is 4.98. The number of hydrogen-bond acceptors (Lipinski definition) is 4. The Morgan fingerprint density at radius 2 is 1.75 bits per heavy atom. The molecular weight excluding hydrogens is 254 g/mol. The number of thiophene rings is 1. The third kappa shape index (κ3) is 2.82. The maximum absolute atomic E-state index is 8.73. The first-order valence-electron chi connectivity index (χ1n) is 4.63. The Bertz CT molecular complexity index is 508. The molecule has 0 radical (unpaired) electrons. The van der Waals surface area contributed by atoms with Crippen LogP contribution in [0.3, 0.4) is 0 Å². The molecule has 80 valence electrons. The van der Waals surface area contributed by atoms with Crippen LogP contribution in [0.5, 0.6) is 0 Å². The fraction of sp³-hybridized carbons (Fsp3) is 0.0833. The molecule has 2 aromatic rings. The Labute approximate surface area is 107 Å². The Morgan fingerprint density at radius 1 is 1.06 bits per heavy atom. The zero-order valence-corrected chi connectivity index (χ0v) is 11.1. The van der Waals surface area contributed by atoms with Crippen LogP contribution in [0.1, 0.15) is 4.88 Å². The number of nitriles is 1. The van der Waals surface area contributed by atoms with Gasteiger partial charge in [-0.05, 0) is 42.7 Å². The van der Waals surface area contributed by atoms with Crippen molar-refractivity contribution in [2.24, 2.45) is 0 Å². The van der Waals surface area contributed by atoms with Gasteiger partial charge in [0.1, 0.15) is 10.9 Å². The average Bonchev–Trinajstić information content (AvgIpc) is 2.78. The highest BCUT2D eigenvalue weighted by molar-refractivity contribution is 8.01. The smallest absolute Gasteiger partial charge is 0.110 e. The Morgan fingerprint density at radius 3 is 2.31 bits per heavy atom. The van der Waals surface area contributed by atoms with Crippen molar-refractivity contribution in [2.45, 2.75) is 14.0 Å². The molecule has 1 aromatic heterocycles. The molecule has 0 saturated carbocycles. The monoisotopic (exact) mass is 263 g/mol. The molecule has 1 nitrogen and oxygen atoms in total. The first-order chi connectivity index (χ1) is 7.81. The van der Waals surface area contributed by atoms with E-state index in [2.05, 4.69) is 36.6 Å². The van der Waals surface area contributed by atoms with E-state index < -0.39 is 0 Å². The number of hydrogen-bond donors (Lipinski definition) is 0. The van der Waals surface area contributed by atoms with E-state index in [1.54, 1.807) is 23.5 Å². The van der Waals surface area contributed by atoms with Gasteiger partial charge < -0.3 is 0 Å². The molecule has 2 rings (SSSR count). The molecule has 0 atom stereocenters. The first-order valence-corrected chi connectivity index (χ1v) is 7.49. The molecule has 1 heterocycles. The Kier molecular flexibility index (Phi) is 3.94. The second kappa shape index (κ2) is 5.44. The van der Waals surface area contributed by atoms with Crippen LogP contribution in [0.15, 0.2) is 50.4 Å². The summed E-state index contributed by atoms with van der Waals surface area (Å²) in [5.41, 5.74) is 0. The summed E-state index contributed by atoms with van der Waals surface area (Å²) in [5.74, 6) is 0. The summed E-state index contributed by atoms with van der Waals surface area (Å²) < 4.78 is 1.16. The normalized spacial score (nSPS) is 10.0. The molecule has 0 fully saturated rings. The van der Waals surface area contributed by atoms with E-state index >= 15 is 0 Å². The Balaban J connectivity index is 2.11. The lowest BCUT2D eigenvalue weighted by Gasteiger charge is -1.99. The van der Waals surface area contributed by atoms with Gasteiger partial charge >= 0.3 is 0 Å². The fourth-order valence-electron chi connectivity index (χ4n) is 1.20. The van der Waals surface area contributed by atoms with Gasteiger partial charge in [-0.3, -0.25) is 0 Å². The summed E-state index contributed by atoms with van der Waals surface area (Å²) in [7, 11) is 0. The van der Waals surface area contributed by atoms with Crippen molar-refractivity contribution >= 4 is 34.9 Å². The van der Waals surface area contributed by atoms with Gasteiger partial charge in [-0.25, -0.2) is 0 Å². The fourth-order valence-corrected chi connectivity index (χ4v) is 3.50. The molecule has 0 amide bonds. The van der Waals surface area contributed by atoms with Crippen LogP contribution in [0.25, 0.3) is 0 Å². The zero-order chi connectivity index (χ0) is 11.4. The predicted molar refractivity (Wildman–Crippen MR) is 71.4 cm³/mol. The SMILES string of the molecule is CSc1ccc(Sc2ccc(C#N)s2)cc1. The van der Waals surface area contributed by atoms with E-state index in [0.717, 1.165) is 9.09 Å². The lowest BCUT2D eigenvalue weighted by Crippen LogP contribution is -1.71. The minimum Gasteiger partial charge on any atom is -0.192 e. The molecule has 16 heavy (non-hydrogen) atoms. The standard InChI is InChI=1S/C12H9NS3/c1-14-9-2-4-10(5-3-9)15-12-7-6-11(8-13)16-12/h2-7H,1H3. The van der Waals surface area contributed by atoms with E-state index in [4.69, 9.17) is 5.26 Å². The van der Waals surface area contributed by atoms with Crippen molar-refractivity contribution in [3.8, 4) is 6.07 Å². The lowest BCUT2D eigenvalue weighted by atomic mass is 10.4. The van der Waals surface area contributed by atoms with E-state index in [0.29, 0.717) is 0 Å². The molecule has 0 aliphatic heterocycles. The minimum absolute atomic E-state index is 0.767. The van der Waals surface area contributed by atoms with Crippen molar-refractivity contribution in [3.63, 3.8) is 0 Å². The van der Waals surface area contributed by atoms with Crippen molar-refractivity contribution < 1.29 is 0 Å². The van der Waals surface area contributed by atoms with E-state index in [1.807, 2.05) is 12.1 Å². The van der Waals surface area contributed by atoms with E-state index in [-0.39, 0.29) is 0 Å². The van der Waals surface area contributed by atoms with Crippen molar-refractivity contribution in [2.75, 3.05) is 6.26 Å². The van der Waals surface area contributed by atoms with Crippen LogP contribution in [0.4, 0.5) is 0 Å². The summed E-state index contributed by atoms with van der Waals surface area (Å²) in [4.78, 5) is 3.25. The zero-order valence-electron chi connectivity index (χ0n) is 8.64. The molecule has 4 heteroatoms. The van der Waals surface area contributed by atoms with Gasteiger partial charge in [0.15, 0.2) is 0 Å². The maximum atomic E-state index is 8.73. The van der Waals surface area contributed by atoms with E-state index in [1.165, 1.54) is 21.1 Å². The number of thioether (sulfide) groups is 1. The molecular formula is C12H9NS3. The molecule has 0 unspecified atom stereocenters. The van der Waals surface area contributed by atoms with Crippen LogP contribution in [0.2, 0.25) is 0 Å². The summed E-state index contributed by atoms with van der Waals surface area (Å²) in [6.45, 7) is 0. The average molecular weight is 263 g/mol. The third-order valence-corrected chi connectivity index (χ3v) is 4.84. The minimum atomic E-state index is 0.767. The molecule has 0 bridgehead atoms. The predicted octanol–water partition coefficient (Wildman–Crippen LogP) is 4.49. The van der Waals surface area contributed by atoms with Gasteiger partial charge in [0, 0.05) is 9.79 Å². The van der Waals surface area contributed by atoms with Crippen molar-refractivity contribution in [1.82, 2.24) is 0 Å². The molecule has 0 N–H and O–H groups in total. The largest absolute Gasteiger partial charge is 0.192 e. The summed E-state index contributed by atoms with van der Waals surface area (Å²) in [6.07, 6.45) is 2.07. The molecule has 0 spiro atoms. The highest BCUT2D eigenvalue weighted by Crippen LogP contribution is 2.33. The lowest BCUT2D eigenvalue weighted by molar-refractivity contribution is 1.35. The van der Waals surface area contributed by atoms with Gasteiger partial charge in [-0.2, -0.15) is 5.26 Å². The molecule has 0 saturated heterocycles. The van der Waals surface area contributed by atoms with Gasteiger partial charge in [0.05, 0.1) is 4.21 Å². The Hall–Kier alpha value is -0.890. The van der Waals surface area contributed by atoms with Crippen LogP contribution in [0, 0.1) is 11.3 Å². The maximum Gasteiger partial charge on any atom is 0.110 e. The topological polar surface area (TPSA) is 23.8 Å². The highest BCUT2D eigenvalue weighted by atomic mass is 32.2. The second-order valence-corrected chi connectivity index (χ2v) is 6.35. The van der Waals surface area contributed by atoms with Crippen LogP contribution in [-0.2, 0) is 0 Å². The molecule has 0 aliphatic carbocycles. The second-order valence-electron chi connectivity index (χ2n) is 3.01. The molecule has 0 aliphatic rings. The van der Waals surface area contributed by atoms with Crippen LogP contribution < -0.4 is 0 Å². The van der Waals surface area contributed by atoms with Crippen molar-refractivity contribution in [1.29, 1.82) is 5.26 Å². The van der Waals surface area contributed by atoms with E-state index in [9.17, 15) is 0 Å². The van der Waals surface area contributed by atoms with Gasteiger partial charge in [0.25, 0.3) is 0 Å². The molecule has 1 aromatic carbocycles. The highest BCUT2D eigenvalue weighted by Gasteiger charge is 2.01. The number of rotatable bonds is 3. The van der Waals surface area contributed by atoms with Crippen LogP contribution >= 0.6 is 34.9 Å². The van der Waals surface area contributed by atoms with Gasteiger partial charge in [-0.1, -0.05) is 11.8 Å². The quantitative estimate of drug-likeness (QED) is 0.762. The number of nitrogens with zero attached hydrogens (tertiary/aromatic N) is 1. The third-order valence-electron chi connectivity index (χ3n) is 1.97. The van der Waals surface area contributed by atoms with Crippen molar-refractivity contribution in [3.05, 3.63) is 41.3 Å². The number of benzene rings is 1. The van der Waals surface area contributed by atoms with Crippen LogP contribution in [-0.4, -0.2) is 6.26 Å². The van der Waals surface area contributed by atoms with Gasteiger partial charge in [0.2, 0.25) is 0 Å². The summed E-state index contributed by atoms with van der Waals surface area (Å²) in [6, 6.07) is 14.5.